The second-order valence-electron chi connectivity index (χ2n) is 7.23. The number of amides is 2. The zero-order chi connectivity index (χ0) is 22.1. The molecule has 0 aromatic heterocycles. The smallest absolute Gasteiger partial charge is 0.309 e. The summed E-state index contributed by atoms with van der Waals surface area (Å²) >= 11 is 0. The topological polar surface area (TPSA) is 84.9 Å². The molecular formula is C24H26N2O5. The minimum Gasteiger partial charge on any atom is -0.497 e. The van der Waals surface area contributed by atoms with Crippen molar-refractivity contribution in [2.24, 2.45) is 5.92 Å². The third kappa shape index (κ3) is 6.70. The van der Waals surface area contributed by atoms with Crippen LogP contribution in [0.3, 0.4) is 0 Å². The van der Waals surface area contributed by atoms with E-state index in [-0.39, 0.29) is 18.4 Å². The number of methoxy groups -OCH3 is 1. The molecule has 0 radical (unpaired) electrons. The number of hydrogen-bond donors (Lipinski definition) is 1. The molecule has 0 atom stereocenters. The Morgan fingerprint density at radius 1 is 1.06 bits per heavy atom. The highest BCUT2D eigenvalue weighted by molar-refractivity contribution is 5.93. The predicted molar refractivity (Wildman–Crippen MR) is 117 cm³/mol. The summed E-state index contributed by atoms with van der Waals surface area (Å²) in [6.07, 6.45) is 4.36. The number of likely N-dealkylation sites (tertiary alicyclic amines) is 1. The van der Waals surface area contributed by atoms with E-state index in [0.717, 1.165) is 5.56 Å². The van der Waals surface area contributed by atoms with Crippen LogP contribution in [0.15, 0.2) is 60.7 Å². The van der Waals surface area contributed by atoms with Crippen molar-refractivity contribution in [3.63, 3.8) is 0 Å². The van der Waals surface area contributed by atoms with Crippen molar-refractivity contribution >= 4 is 29.5 Å². The van der Waals surface area contributed by atoms with Crippen LogP contribution in [-0.4, -0.2) is 49.5 Å². The summed E-state index contributed by atoms with van der Waals surface area (Å²) in [6, 6.07) is 16.5. The van der Waals surface area contributed by atoms with Crippen molar-refractivity contribution in [1.82, 2.24) is 4.90 Å². The monoisotopic (exact) mass is 422 g/mol. The standard InChI is InChI=1S/C24H26N2O5/c1-30-21-9-5-8-20(16-21)25-22(27)17-31-24(29)19-12-14-26(15-13-19)23(28)11-10-18-6-3-2-4-7-18/h2-11,16,19H,12-15,17H2,1H3,(H,25,27)/b11-10+. The molecule has 0 spiro atoms. The van der Waals surface area contributed by atoms with Gasteiger partial charge in [0.15, 0.2) is 6.61 Å². The van der Waals surface area contributed by atoms with E-state index in [2.05, 4.69) is 5.32 Å². The SMILES string of the molecule is COc1cccc(NC(=O)COC(=O)C2CCN(C(=O)/C=C/c3ccccc3)CC2)c1. The molecule has 7 nitrogen and oxygen atoms in total. The third-order valence-electron chi connectivity index (χ3n) is 5.06. The number of carbonyl (C=O) groups excluding carboxylic acids is 3. The van der Waals surface area contributed by atoms with Crippen LogP contribution in [0.5, 0.6) is 5.75 Å². The maximum Gasteiger partial charge on any atom is 0.309 e. The molecule has 0 bridgehead atoms. The minimum atomic E-state index is -0.416. The second kappa shape index (κ2) is 11.0. The number of hydrogen-bond acceptors (Lipinski definition) is 5. The molecule has 3 rings (SSSR count). The van der Waals surface area contributed by atoms with Crippen molar-refractivity contribution in [2.75, 3.05) is 32.1 Å². The van der Waals surface area contributed by atoms with E-state index in [9.17, 15) is 14.4 Å². The Hall–Kier alpha value is -3.61. The molecule has 1 fully saturated rings. The number of benzene rings is 2. The Bertz CT molecular complexity index is 934. The fourth-order valence-electron chi connectivity index (χ4n) is 3.33. The van der Waals surface area contributed by atoms with Crippen molar-refractivity contribution in [2.45, 2.75) is 12.8 Å². The lowest BCUT2D eigenvalue weighted by Gasteiger charge is -2.30. The maximum atomic E-state index is 12.3. The van der Waals surface area contributed by atoms with E-state index in [1.165, 1.54) is 0 Å². The van der Waals surface area contributed by atoms with Crippen LogP contribution in [0, 0.1) is 5.92 Å². The molecule has 0 saturated carbocycles. The van der Waals surface area contributed by atoms with E-state index in [1.54, 1.807) is 48.4 Å². The van der Waals surface area contributed by atoms with Crippen molar-refractivity contribution in [3.8, 4) is 5.75 Å². The second-order valence-corrected chi connectivity index (χ2v) is 7.23. The van der Waals surface area contributed by atoms with Gasteiger partial charge in [0.2, 0.25) is 5.91 Å². The largest absolute Gasteiger partial charge is 0.497 e. The maximum absolute atomic E-state index is 12.3. The Balaban J connectivity index is 1.40. The van der Waals surface area contributed by atoms with Crippen LogP contribution in [-0.2, 0) is 19.1 Å². The lowest BCUT2D eigenvalue weighted by molar-refractivity contribution is -0.153. The van der Waals surface area contributed by atoms with Gasteiger partial charge in [-0.15, -0.1) is 0 Å². The fourth-order valence-corrected chi connectivity index (χ4v) is 3.33. The first kappa shape index (κ1) is 22.1. The van der Waals surface area contributed by atoms with E-state index >= 15 is 0 Å². The summed E-state index contributed by atoms with van der Waals surface area (Å²) in [5.41, 5.74) is 1.53. The Kier molecular flexibility index (Phi) is 7.81. The van der Waals surface area contributed by atoms with Gasteiger partial charge < -0.3 is 19.7 Å². The number of rotatable bonds is 7. The first-order valence-electron chi connectivity index (χ1n) is 10.2. The average molecular weight is 422 g/mol. The summed E-state index contributed by atoms with van der Waals surface area (Å²) in [5.74, 6) is -0.595. The first-order valence-corrected chi connectivity index (χ1v) is 10.2. The Morgan fingerprint density at radius 2 is 1.81 bits per heavy atom. The van der Waals surface area contributed by atoms with Crippen LogP contribution in [0.4, 0.5) is 5.69 Å². The molecule has 162 valence electrons. The molecule has 0 aliphatic carbocycles. The molecular weight excluding hydrogens is 396 g/mol. The average Bonchev–Trinajstić information content (AvgIpc) is 2.82. The van der Waals surface area contributed by atoms with Gasteiger partial charge in [-0.25, -0.2) is 0 Å². The van der Waals surface area contributed by atoms with Gasteiger partial charge in [0.25, 0.3) is 5.91 Å². The molecule has 2 amide bonds. The molecule has 1 N–H and O–H groups in total. The number of carbonyl (C=O) groups is 3. The third-order valence-corrected chi connectivity index (χ3v) is 5.06. The first-order chi connectivity index (χ1) is 15.0. The Morgan fingerprint density at radius 3 is 2.52 bits per heavy atom. The van der Waals surface area contributed by atoms with Crippen molar-refractivity contribution < 1.29 is 23.9 Å². The number of nitrogens with one attached hydrogen (secondary N) is 1. The van der Waals surface area contributed by atoms with Gasteiger partial charge in [-0.2, -0.15) is 0 Å². The minimum absolute atomic E-state index is 0.0756. The van der Waals surface area contributed by atoms with Gasteiger partial charge in [0.05, 0.1) is 13.0 Å². The van der Waals surface area contributed by atoms with E-state index < -0.39 is 11.9 Å². The van der Waals surface area contributed by atoms with Gasteiger partial charge in [-0.1, -0.05) is 36.4 Å². The van der Waals surface area contributed by atoms with Crippen LogP contribution in [0.1, 0.15) is 18.4 Å². The zero-order valence-corrected chi connectivity index (χ0v) is 17.5. The van der Waals surface area contributed by atoms with Crippen LogP contribution >= 0.6 is 0 Å². The van der Waals surface area contributed by atoms with E-state index in [0.29, 0.717) is 37.4 Å². The molecule has 31 heavy (non-hydrogen) atoms. The Labute approximate surface area is 181 Å². The number of esters is 1. The molecule has 2 aromatic rings. The quantitative estimate of drug-likeness (QED) is 0.547. The van der Waals surface area contributed by atoms with Gasteiger partial charge >= 0.3 is 5.97 Å². The van der Waals surface area contributed by atoms with Gasteiger partial charge in [0, 0.05) is 30.9 Å². The van der Waals surface area contributed by atoms with Crippen LogP contribution < -0.4 is 10.1 Å². The summed E-state index contributed by atoms with van der Waals surface area (Å²) in [4.78, 5) is 38.4. The summed E-state index contributed by atoms with van der Waals surface area (Å²) < 4.78 is 10.3. The van der Waals surface area contributed by atoms with Crippen LogP contribution in [0.25, 0.3) is 6.08 Å². The molecule has 1 heterocycles. The fraction of sp³-hybridized carbons (Fsp3) is 0.292. The van der Waals surface area contributed by atoms with Gasteiger partial charge in [-0.05, 0) is 36.6 Å². The normalized spacial score (nSPS) is 14.3. The number of anilines is 1. The van der Waals surface area contributed by atoms with Gasteiger partial charge in [-0.3, -0.25) is 14.4 Å². The summed E-state index contributed by atoms with van der Waals surface area (Å²) in [5, 5.41) is 2.67. The highest BCUT2D eigenvalue weighted by Gasteiger charge is 2.28. The highest BCUT2D eigenvalue weighted by Crippen LogP contribution is 2.20. The molecule has 0 unspecified atom stereocenters. The predicted octanol–water partition coefficient (Wildman–Crippen LogP) is 3.13. The number of nitrogens with zero attached hydrogens (tertiary/aromatic N) is 1. The van der Waals surface area contributed by atoms with Crippen molar-refractivity contribution in [3.05, 3.63) is 66.2 Å². The molecule has 1 aliphatic rings. The lowest BCUT2D eigenvalue weighted by Crippen LogP contribution is -2.40. The van der Waals surface area contributed by atoms with Crippen molar-refractivity contribution in [1.29, 1.82) is 0 Å². The molecule has 2 aromatic carbocycles. The van der Waals surface area contributed by atoms with E-state index in [4.69, 9.17) is 9.47 Å². The molecule has 7 heteroatoms. The number of piperidine rings is 1. The number of ether oxygens (including phenoxy) is 2. The highest BCUT2D eigenvalue weighted by atomic mass is 16.5. The molecule has 1 aliphatic heterocycles. The summed E-state index contributed by atoms with van der Waals surface area (Å²) in [6.45, 7) is 0.608. The van der Waals surface area contributed by atoms with E-state index in [1.807, 2.05) is 30.3 Å². The lowest BCUT2D eigenvalue weighted by atomic mass is 9.97. The van der Waals surface area contributed by atoms with Gasteiger partial charge in [0.1, 0.15) is 5.75 Å². The summed E-state index contributed by atoms with van der Waals surface area (Å²) in [7, 11) is 1.54. The van der Waals surface area contributed by atoms with Crippen LogP contribution in [0.2, 0.25) is 0 Å². The zero-order valence-electron chi connectivity index (χ0n) is 17.5. The molecule has 1 saturated heterocycles.